The molecule has 2 aromatic rings. The highest BCUT2D eigenvalue weighted by Gasteiger charge is 2.39. The van der Waals surface area contributed by atoms with Gasteiger partial charge in [0.05, 0.1) is 24.3 Å². The van der Waals surface area contributed by atoms with Crippen LogP contribution < -0.4 is 16.4 Å². The van der Waals surface area contributed by atoms with Crippen molar-refractivity contribution >= 4 is 33.7 Å². The topological polar surface area (TPSA) is 114 Å². The molecule has 4 N–H and O–H groups in total. The van der Waals surface area contributed by atoms with Crippen LogP contribution >= 0.6 is 15.9 Å². The first-order valence-corrected chi connectivity index (χ1v) is 13.9. The molecule has 0 unspecified atom stereocenters. The summed E-state index contributed by atoms with van der Waals surface area (Å²) < 4.78 is 6.82. The number of carbonyl (C=O) groups is 3. The Bertz CT molecular complexity index is 1200. The van der Waals surface area contributed by atoms with Crippen molar-refractivity contribution in [2.24, 2.45) is 5.73 Å². The van der Waals surface area contributed by atoms with Crippen molar-refractivity contribution in [3.05, 3.63) is 81.3 Å². The number of nitrogens with two attached hydrogens (primary N) is 1. The average molecular weight is 600 g/mol. The van der Waals surface area contributed by atoms with Crippen LogP contribution in [-0.4, -0.2) is 59.4 Å². The third kappa shape index (κ3) is 8.24. The fourth-order valence-corrected chi connectivity index (χ4v) is 4.64. The molecule has 0 spiro atoms. The number of carbonyl (C=O) groups excluding carboxylic acids is 3. The summed E-state index contributed by atoms with van der Waals surface area (Å²) in [5, 5.41) is 5.84. The maximum Gasteiger partial charge on any atom is 0.248 e. The molecule has 0 saturated carbocycles. The van der Waals surface area contributed by atoms with Gasteiger partial charge in [-0.05, 0) is 63.5 Å². The summed E-state index contributed by atoms with van der Waals surface area (Å²) in [5.74, 6) is -0.885. The molecule has 9 heteroatoms. The Labute approximate surface area is 239 Å². The third-order valence-corrected chi connectivity index (χ3v) is 7.27. The lowest BCUT2D eigenvalue weighted by molar-refractivity contribution is -0.139. The molecule has 1 aliphatic heterocycles. The molecule has 210 valence electrons. The van der Waals surface area contributed by atoms with Crippen LogP contribution in [0.1, 0.15) is 45.7 Å². The van der Waals surface area contributed by atoms with E-state index < -0.39 is 23.0 Å². The van der Waals surface area contributed by atoms with Crippen molar-refractivity contribution < 1.29 is 19.1 Å². The van der Waals surface area contributed by atoms with E-state index in [-0.39, 0.29) is 25.0 Å². The third-order valence-electron chi connectivity index (χ3n) is 6.74. The number of halogens is 1. The molecule has 8 nitrogen and oxygen atoms in total. The van der Waals surface area contributed by atoms with E-state index in [1.807, 2.05) is 75.4 Å². The molecule has 0 bridgehead atoms. The minimum absolute atomic E-state index is 0.0164. The number of benzene rings is 2. The van der Waals surface area contributed by atoms with Crippen molar-refractivity contribution in [2.45, 2.75) is 64.8 Å². The number of hydrogen-bond acceptors (Lipinski definition) is 5. The quantitative estimate of drug-likeness (QED) is 0.346. The van der Waals surface area contributed by atoms with E-state index in [0.717, 1.165) is 21.2 Å². The SMILES string of the molecule is CCN(CC1=C(Cc2ccc(Br)cc2)C(=O)NC1(C)C)C(=O)[C@@H](COCc1ccccc1)NC(=O)C(C)(C)N. The molecule has 1 aliphatic rings. The van der Waals surface area contributed by atoms with Crippen molar-refractivity contribution in [3.8, 4) is 0 Å². The van der Waals surface area contributed by atoms with Crippen LogP contribution in [0.15, 0.2) is 70.2 Å². The van der Waals surface area contributed by atoms with Gasteiger partial charge >= 0.3 is 0 Å². The lowest BCUT2D eigenvalue weighted by Crippen LogP contribution is -2.58. The Morgan fingerprint density at radius 2 is 1.74 bits per heavy atom. The largest absolute Gasteiger partial charge is 0.374 e. The lowest BCUT2D eigenvalue weighted by Gasteiger charge is -2.32. The molecule has 0 radical (unpaired) electrons. The molecular formula is C30H39BrN4O4. The zero-order valence-corrected chi connectivity index (χ0v) is 24.9. The second kappa shape index (κ2) is 12.9. The van der Waals surface area contributed by atoms with Crippen LogP contribution in [0.25, 0.3) is 0 Å². The lowest BCUT2D eigenvalue weighted by atomic mass is 9.91. The molecule has 2 aromatic carbocycles. The van der Waals surface area contributed by atoms with Gasteiger partial charge in [-0.25, -0.2) is 0 Å². The predicted octanol–water partition coefficient (Wildman–Crippen LogP) is 3.48. The number of nitrogens with zero attached hydrogens (tertiary/aromatic N) is 1. The summed E-state index contributed by atoms with van der Waals surface area (Å²) >= 11 is 3.45. The van der Waals surface area contributed by atoms with E-state index in [9.17, 15) is 14.4 Å². The Morgan fingerprint density at radius 1 is 1.10 bits per heavy atom. The van der Waals surface area contributed by atoms with Crippen LogP contribution in [0.2, 0.25) is 0 Å². The van der Waals surface area contributed by atoms with Gasteiger partial charge in [0.2, 0.25) is 17.7 Å². The number of ether oxygens (including phenoxy) is 1. The van der Waals surface area contributed by atoms with Crippen LogP contribution in [0.5, 0.6) is 0 Å². The van der Waals surface area contributed by atoms with Gasteiger partial charge in [0.15, 0.2) is 0 Å². The van der Waals surface area contributed by atoms with Crippen LogP contribution in [0.3, 0.4) is 0 Å². The van der Waals surface area contributed by atoms with E-state index in [2.05, 4.69) is 26.6 Å². The van der Waals surface area contributed by atoms with Gasteiger partial charge in [0.25, 0.3) is 0 Å². The van der Waals surface area contributed by atoms with Gasteiger partial charge in [-0.2, -0.15) is 0 Å². The van der Waals surface area contributed by atoms with Gasteiger partial charge in [-0.1, -0.05) is 58.4 Å². The van der Waals surface area contributed by atoms with Crippen molar-refractivity contribution in [1.82, 2.24) is 15.5 Å². The Hall–Kier alpha value is -3.01. The molecule has 39 heavy (non-hydrogen) atoms. The molecule has 0 aromatic heterocycles. The second-order valence-corrected chi connectivity index (χ2v) is 11.9. The molecule has 3 amide bonds. The molecule has 0 aliphatic carbocycles. The highest BCUT2D eigenvalue weighted by molar-refractivity contribution is 9.10. The fraction of sp³-hybridized carbons (Fsp3) is 0.433. The number of nitrogens with one attached hydrogen (secondary N) is 2. The molecule has 0 saturated heterocycles. The Balaban J connectivity index is 1.84. The van der Waals surface area contributed by atoms with Gasteiger partial charge in [0.1, 0.15) is 6.04 Å². The van der Waals surface area contributed by atoms with Gasteiger partial charge in [0, 0.05) is 29.6 Å². The van der Waals surface area contributed by atoms with E-state index in [4.69, 9.17) is 10.5 Å². The minimum Gasteiger partial charge on any atom is -0.374 e. The van der Waals surface area contributed by atoms with E-state index in [1.165, 1.54) is 0 Å². The first kappa shape index (κ1) is 30.5. The molecule has 3 rings (SSSR count). The molecule has 1 heterocycles. The summed E-state index contributed by atoms with van der Waals surface area (Å²) in [6.45, 7) is 9.83. The zero-order chi connectivity index (χ0) is 28.8. The van der Waals surface area contributed by atoms with Gasteiger partial charge < -0.3 is 26.0 Å². The average Bonchev–Trinajstić information content (AvgIpc) is 3.09. The first-order valence-electron chi connectivity index (χ1n) is 13.1. The van der Waals surface area contributed by atoms with Crippen LogP contribution in [0.4, 0.5) is 0 Å². The van der Waals surface area contributed by atoms with Gasteiger partial charge in [-0.3, -0.25) is 14.4 Å². The van der Waals surface area contributed by atoms with E-state index in [0.29, 0.717) is 25.1 Å². The summed E-state index contributed by atoms with van der Waals surface area (Å²) in [6.07, 6.45) is 0.450. The summed E-state index contributed by atoms with van der Waals surface area (Å²) in [5.41, 5.74) is 7.67. The molecular weight excluding hydrogens is 560 g/mol. The number of likely N-dealkylation sites (N-methyl/N-ethyl adjacent to an activating group) is 1. The first-order chi connectivity index (χ1) is 18.3. The van der Waals surface area contributed by atoms with Gasteiger partial charge in [-0.15, -0.1) is 0 Å². The normalized spacial score (nSPS) is 15.6. The summed E-state index contributed by atoms with van der Waals surface area (Å²) in [6, 6.07) is 16.5. The molecule has 1 atom stereocenters. The van der Waals surface area contributed by atoms with Crippen molar-refractivity contribution in [3.63, 3.8) is 0 Å². The number of amides is 3. The summed E-state index contributed by atoms with van der Waals surface area (Å²) in [4.78, 5) is 41.2. The maximum atomic E-state index is 13.8. The van der Waals surface area contributed by atoms with Crippen molar-refractivity contribution in [1.29, 1.82) is 0 Å². The molecule has 0 fully saturated rings. The van der Waals surface area contributed by atoms with Crippen LogP contribution in [-0.2, 0) is 32.1 Å². The standard InChI is InChI=1S/C30H39BrN4O4/c1-6-35(17-24-23(26(36)34-30(24,4)5)16-20-12-14-22(31)15-13-20)27(37)25(33-28(38)29(2,3)32)19-39-18-21-10-8-7-9-11-21/h7-15,25H,6,16-19,32H2,1-5H3,(H,33,38)(H,34,36)/t25-/m1/s1. The highest BCUT2D eigenvalue weighted by atomic mass is 79.9. The van der Waals surface area contributed by atoms with Crippen LogP contribution in [0, 0.1) is 0 Å². The smallest absolute Gasteiger partial charge is 0.248 e. The van der Waals surface area contributed by atoms with Crippen molar-refractivity contribution in [2.75, 3.05) is 19.7 Å². The highest BCUT2D eigenvalue weighted by Crippen LogP contribution is 2.30. The summed E-state index contributed by atoms with van der Waals surface area (Å²) in [7, 11) is 0. The zero-order valence-electron chi connectivity index (χ0n) is 23.3. The maximum absolute atomic E-state index is 13.8. The monoisotopic (exact) mass is 598 g/mol. The second-order valence-electron chi connectivity index (χ2n) is 10.9. The van der Waals surface area contributed by atoms with E-state index in [1.54, 1.807) is 18.7 Å². The Kier molecular flexibility index (Phi) is 10.1. The Morgan fingerprint density at radius 3 is 2.33 bits per heavy atom. The minimum atomic E-state index is -1.17. The number of hydrogen-bond donors (Lipinski definition) is 3. The fourth-order valence-electron chi connectivity index (χ4n) is 4.38. The van der Waals surface area contributed by atoms with E-state index >= 15 is 0 Å². The number of rotatable bonds is 12. The predicted molar refractivity (Wildman–Crippen MR) is 156 cm³/mol.